The highest BCUT2D eigenvalue weighted by atomic mass is 35.5. The van der Waals surface area contributed by atoms with E-state index in [1.165, 1.54) is 16.4 Å². The fraction of sp³-hybridized carbons (Fsp3) is 0.333. The van der Waals surface area contributed by atoms with Crippen LogP contribution in [0.2, 0.25) is 5.02 Å². The van der Waals surface area contributed by atoms with Gasteiger partial charge >= 0.3 is 5.97 Å². The minimum absolute atomic E-state index is 0.162. The zero-order chi connectivity index (χ0) is 21.7. The molecule has 1 heterocycles. The van der Waals surface area contributed by atoms with Crippen LogP contribution >= 0.6 is 11.6 Å². The second kappa shape index (κ2) is 9.59. The topological polar surface area (TPSA) is 92.8 Å². The van der Waals surface area contributed by atoms with Crippen molar-refractivity contribution in [2.45, 2.75) is 31.1 Å². The van der Waals surface area contributed by atoms with Crippen molar-refractivity contribution in [1.82, 2.24) is 4.31 Å². The van der Waals surface area contributed by atoms with Crippen molar-refractivity contribution < 1.29 is 22.7 Å². The van der Waals surface area contributed by atoms with Gasteiger partial charge in [-0.3, -0.25) is 4.79 Å². The van der Waals surface area contributed by atoms with Crippen LogP contribution in [-0.2, 0) is 19.6 Å². The van der Waals surface area contributed by atoms with Crippen LogP contribution in [-0.4, -0.2) is 44.3 Å². The maximum Gasteiger partial charge on any atom is 0.340 e. The molecule has 1 aliphatic heterocycles. The lowest BCUT2D eigenvalue weighted by Crippen LogP contribution is -2.36. The van der Waals surface area contributed by atoms with Gasteiger partial charge in [0.25, 0.3) is 5.91 Å². The molecule has 30 heavy (non-hydrogen) atoms. The molecule has 0 atom stereocenters. The summed E-state index contributed by atoms with van der Waals surface area (Å²) in [5.74, 6) is -1.30. The molecule has 0 bridgehead atoms. The van der Waals surface area contributed by atoms with Gasteiger partial charge in [-0.2, -0.15) is 4.31 Å². The number of amides is 1. The van der Waals surface area contributed by atoms with Crippen LogP contribution in [0.3, 0.4) is 0 Å². The quantitative estimate of drug-likeness (QED) is 0.678. The summed E-state index contributed by atoms with van der Waals surface area (Å²) in [5, 5.41) is 2.80. The zero-order valence-electron chi connectivity index (χ0n) is 16.6. The molecular weight excluding hydrogens is 428 g/mol. The highest BCUT2D eigenvalue weighted by Crippen LogP contribution is 2.26. The van der Waals surface area contributed by atoms with E-state index in [4.69, 9.17) is 16.3 Å². The SMILES string of the molecule is Cc1ccc(NC(=O)COC(=O)c2ccccc2Cl)cc1S(=O)(=O)N1CCCCC1. The van der Waals surface area contributed by atoms with E-state index in [0.717, 1.165) is 19.3 Å². The van der Waals surface area contributed by atoms with Crippen molar-refractivity contribution in [3.05, 3.63) is 58.6 Å². The Morgan fingerprint density at radius 3 is 2.50 bits per heavy atom. The number of esters is 1. The van der Waals surface area contributed by atoms with Crippen LogP contribution in [0, 0.1) is 6.92 Å². The second-order valence-electron chi connectivity index (χ2n) is 7.05. The van der Waals surface area contributed by atoms with Crippen LogP contribution in [0.5, 0.6) is 0 Å². The largest absolute Gasteiger partial charge is 0.452 e. The lowest BCUT2D eigenvalue weighted by atomic mass is 10.2. The minimum atomic E-state index is -3.64. The highest BCUT2D eigenvalue weighted by molar-refractivity contribution is 7.89. The third-order valence-corrected chi connectivity index (χ3v) is 7.20. The summed E-state index contributed by atoms with van der Waals surface area (Å²) in [7, 11) is -3.64. The van der Waals surface area contributed by atoms with Gasteiger partial charge in [0, 0.05) is 18.8 Å². The molecule has 2 aromatic rings. The van der Waals surface area contributed by atoms with Gasteiger partial charge in [-0.1, -0.05) is 36.2 Å². The Hall–Kier alpha value is -2.42. The Balaban J connectivity index is 1.67. The molecular formula is C21H23ClN2O5S. The summed E-state index contributed by atoms with van der Waals surface area (Å²) in [6.07, 6.45) is 2.70. The third kappa shape index (κ3) is 5.19. The summed E-state index contributed by atoms with van der Waals surface area (Å²) < 4.78 is 32.4. The Kier molecular flexibility index (Phi) is 7.12. The van der Waals surface area contributed by atoms with E-state index < -0.39 is 28.5 Å². The van der Waals surface area contributed by atoms with Crippen molar-refractivity contribution in [3.63, 3.8) is 0 Å². The van der Waals surface area contributed by atoms with Gasteiger partial charge in [-0.15, -0.1) is 0 Å². The number of benzene rings is 2. The number of anilines is 1. The summed E-state index contributed by atoms with van der Waals surface area (Å²) in [5.41, 5.74) is 1.08. The van der Waals surface area contributed by atoms with Crippen LogP contribution in [0.4, 0.5) is 5.69 Å². The summed E-state index contributed by atoms with van der Waals surface area (Å²) in [6.45, 7) is 2.19. The Bertz CT molecular complexity index is 1050. The van der Waals surface area contributed by atoms with Gasteiger partial charge in [0.15, 0.2) is 6.61 Å². The number of hydrogen-bond donors (Lipinski definition) is 1. The van der Waals surface area contributed by atoms with E-state index in [-0.39, 0.29) is 15.5 Å². The van der Waals surface area contributed by atoms with Crippen molar-refractivity contribution in [2.75, 3.05) is 25.0 Å². The summed E-state index contributed by atoms with van der Waals surface area (Å²) in [4.78, 5) is 24.4. The molecule has 0 aromatic heterocycles. The number of sulfonamides is 1. The van der Waals surface area contributed by atoms with Crippen LogP contribution in [0.1, 0.15) is 35.2 Å². The first-order valence-corrected chi connectivity index (χ1v) is 11.4. The van der Waals surface area contributed by atoms with Crippen molar-refractivity contribution in [2.24, 2.45) is 0 Å². The van der Waals surface area contributed by atoms with E-state index in [1.807, 2.05) is 0 Å². The Morgan fingerprint density at radius 2 is 1.80 bits per heavy atom. The molecule has 0 spiro atoms. The highest BCUT2D eigenvalue weighted by Gasteiger charge is 2.27. The Labute approximate surface area is 181 Å². The van der Waals surface area contributed by atoms with E-state index in [2.05, 4.69) is 5.32 Å². The van der Waals surface area contributed by atoms with E-state index in [1.54, 1.807) is 37.3 Å². The lowest BCUT2D eigenvalue weighted by Gasteiger charge is -2.26. The summed E-state index contributed by atoms with van der Waals surface area (Å²) in [6, 6.07) is 11.1. The van der Waals surface area contributed by atoms with Gasteiger partial charge in [-0.05, 0) is 49.6 Å². The number of halogens is 1. The monoisotopic (exact) mass is 450 g/mol. The number of hydrogen-bond acceptors (Lipinski definition) is 5. The molecule has 1 aliphatic rings. The molecule has 0 radical (unpaired) electrons. The van der Waals surface area contributed by atoms with Crippen LogP contribution < -0.4 is 5.32 Å². The van der Waals surface area contributed by atoms with Crippen molar-refractivity contribution in [3.8, 4) is 0 Å². The molecule has 3 rings (SSSR count). The molecule has 1 fully saturated rings. The maximum absolute atomic E-state index is 13.0. The third-order valence-electron chi connectivity index (χ3n) is 4.83. The number of rotatable bonds is 6. The standard InChI is InChI=1S/C21H23ClN2O5S/c1-15-9-10-16(13-19(15)30(27,28)24-11-5-2-6-12-24)23-20(25)14-29-21(26)17-7-3-4-8-18(17)22/h3-4,7-10,13H,2,5-6,11-12,14H2,1H3,(H,23,25). The predicted molar refractivity (Wildman–Crippen MR) is 114 cm³/mol. The normalized spacial score (nSPS) is 14.9. The van der Waals surface area contributed by atoms with Gasteiger partial charge in [-0.25, -0.2) is 13.2 Å². The van der Waals surface area contributed by atoms with Gasteiger partial charge in [0.05, 0.1) is 15.5 Å². The van der Waals surface area contributed by atoms with E-state index >= 15 is 0 Å². The van der Waals surface area contributed by atoms with Crippen LogP contribution in [0.15, 0.2) is 47.4 Å². The molecule has 0 aliphatic carbocycles. The number of carbonyl (C=O) groups excluding carboxylic acids is 2. The zero-order valence-corrected chi connectivity index (χ0v) is 18.1. The Morgan fingerprint density at radius 1 is 1.10 bits per heavy atom. The average molecular weight is 451 g/mol. The first-order valence-electron chi connectivity index (χ1n) is 9.61. The molecule has 160 valence electrons. The number of nitrogens with zero attached hydrogens (tertiary/aromatic N) is 1. The number of aryl methyl sites for hydroxylation is 1. The number of piperidine rings is 1. The summed E-state index contributed by atoms with van der Waals surface area (Å²) >= 11 is 5.94. The van der Waals surface area contributed by atoms with Gasteiger partial charge in [0.2, 0.25) is 10.0 Å². The van der Waals surface area contributed by atoms with Crippen molar-refractivity contribution >= 4 is 39.2 Å². The van der Waals surface area contributed by atoms with Crippen molar-refractivity contribution in [1.29, 1.82) is 0 Å². The average Bonchev–Trinajstić information content (AvgIpc) is 2.74. The lowest BCUT2D eigenvalue weighted by molar-refractivity contribution is -0.119. The molecule has 0 saturated carbocycles. The van der Waals surface area contributed by atoms with Crippen LogP contribution in [0.25, 0.3) is 0 Å². The minimum Gasteiger partial charge on any atom is -0.452 e. The van der Waals surface area contributed by atoms with Gasteiger partial charge in [0.1, 0.15) is 0 Å². The fourth-order valence-corrected chi connectivity index (χ4v) is 5.21. The molecule has 1 N–H and O–H groups in total. The fourth-order valence-electron chi connectivity index (χ4n) is 3.23. The molecule has 1 amide bonds. The molecule has 7 nitrogen and oxygen atoms in total. The molecule has 1 saturated heterocycles. The maximum atomic E-state index is 13.0. The number of ether oxygens (including phenoxy) is 1. The smallest absolute Gasteiger partial charge is 0.340 e. The first-order chi connectivity index (χ1) is 14.3. The number of carbonyl (C=O) groups is 2. The van der Waals surface area contributed by atoms with E-state index in [0.29, 0.717) is 24.3 Å². The van der Waals surface area contributed by atoms with Gasteiger partial charge < -0.3 is 10.1 Å². The first kappa shape index (κ1) is 22.3. The van der Waals surface area contributed by atoms with E-state index in [9.17, 15) is 18.0 Å². The number of nitrogens with one attached hydrogen (secondary N) is 1. The second-order valence-corrected chi connectivity index (χ2v) is 9.36. The molecule has 2 aromatic carbocycles. The predicted octanol–water partition coefficient (Wildman–Crippen LogP) is 3.62. The molecule has 0 unspecified atom stereocenters. The molecule has 9 heteroatoms.